The number of hydrogen-bond donors (Lipinski definition) is 1. The van der Waals surface area contributed by atoms with Gasteiger partial charge in [0, 0.05) is 13.4 Å². The van der Waals surface area contributed by atoms with Crippen molar-refractivity contribution in [2.75, 3.05) is 7.05 Å². The van der Waals surface area contributed by atoms with Crippen LogP contribution < -0.4 is 5.32 Å². The maximum absolute atomic E-state index is 3.64. The van der Waals surface area contributed by atoms with E-state index in [4.69, 9.17) is 0 Å². The molecular formula is C15H14Br3N. The minimum Gasteiger partial charge on any atom is -0.309 e. The smallest absolute Gasteiger partial charge is 0.0588 e. The Hall–Kier alpha value is -0.160. The summed E-state index contributed by atoms with van der Waals surface area (Å²) in [5.74, 6) is 0. The molecule has 1 atom stereocenters. The SMILES string of the molecule is CNC(c1cc(Br)ccc1Br)c1cccc(Br)c1C. The van der Waals surface area contributed by atoms with Gasteiger partial charge in [-0.05, 0) is 54.9 Å². The van der Waals surface area contributed by atoms with E-state index in [1.807, 2.05) is 13.1 Å². The highest BCUT2D eigenvalue weighted by Gasteiger charge is 2.18. The predicted octanol–water partition coefficient (Wildman–Crippen LogP) is 5.59. The summed E-state index contributed by atoms with van der Waals surface area (Å²) in [5.41, 5.74) is 3.75. The van der Waals surface area contributed by atoms with Crippen LogP contribution in [0.5, 0.6) is 0 Å². The van der Waals surface area contributed by atoms with Crippen molar-refractivity contribution in [2.45, 2.75) is 13.0 Å². The van der Waals surface area contributed by atoms with Crippen molar-refractivity contribution in [2.24, 2.45) is 0 Å². The van der Waals surface area contributed by atoms with E-state index in [0.29, 0.717) is 0 Å². The molecule has 0 saturated heterocycles. The quantitative estimate of drug-likeness (QED) is 0.646. The summed E-state index contributed by atoms with van der Waals surface area (Å²) in [6.45, 7) is 2.13. The van der Waals surface area contributed by atoms with E-state index < -0.39 is 0 Å². The number of benzene rings is 2. The summed E-state index contributed by atoms with van der Waals surface area (Å²) in [6, 6.07) is 12.7. The third-order valence-electron chi connectivity index (χ3n) is 3.18. The van der Waals surface area contributed by atoms with Crippen LogP contribution in [0, 0.1) is 6.92 Å². The van der Waals surface area contributed by atoms with Gasteiger partial charge in [-0.25, -0.2) is 0 Å². The van der Waals surface area contributed by atoms with E-state index in [0.717, 1.165) is 13.4 Å². The standard InChI is InChI=1S/C15H14Br3N/c1-9-11(4-3-5-13(9)17)15(19-2)12-8-10(16)6-7-14(12)18/h3-8,15,19H,1-2H3. The summed E-state index contributed by atoms with van der Waals surface area (Å²) in [6.07, 6.45) is 0. The molecule has 0 heterocycles. The molecule has 2 aromatic carbocycles. The summed E-state index contributed by atoms with van der Waals surface area (Å²) in [5, 5.41) is 3.40. The van der Waals surface area contributed by atoms with Gasteiger partial charge in [0.2, 0.25) is 0 Å². The predicted molar refractivity (Wildman–Crippen MR) is 91.6 cm³/mol. The van der Waals surface area contributed by atoms with Crippen molar-refractivity contribution >= 4 is 47.8 Å². The Labute approximate surface area is 139 Å². The first-order chi connectivity index (χ1) is 9.04. The first-order valence-corrected chi connectivity index (χ1v) is 8.29. The average Bonchev–Trinajstić information content (AvgIpc) is 2.39. The lowest BCUT2D eigenvalue weighted by atomic mass is 9.95. The molecule has 0 spiro atoms. The molecular weight excluding hydrogens is 434 g/mol. The largest absolute Gasteiger partial charge is 0.309 e. The highest BCUT2D eigenvalue weighted by Crippen LogP contribution is 2.34. The minimum absolute atomic E-state index is 0.157. The lowest BCUT2D eigenvalue weighted by molar-refractivity contribution is 0.684. The zero-order chi connectivity index (χ0) is 14.0. The van der Waals surface area contributed by atoms with Gasteiger partial charge in [-0.15, -0.1) is 0 Å². The Morgan fingerprint density at radius 2 is 1.68 bits per heavy atom. The zero-order valence-electron chi connectivity index (χ0n) is 10.7. The van der Waals surface area contributed by atoms with Crippen LogP contribution in [0.2, 0.25) is 0 Å². The molecule has 2 aromatic rings. The van der Waals surface area contributed by atoms with Gasteiger partial charge in [-0.3, -0.25) is 0 Å². The molecule has 0 aliphatic rings. The lowest BCUT2D eigenvalue weighted by Crippen LogP contribution is -2.19. The van der Waals surface area contributed by atoms with Crippen molar-refractivity contribution in [3.63, 3.8) is 0 Å². The topological polar surface area (TPSA) is 12.0 Å². The molecule has 0 amide bonds. The summed E-state index contributed by atoms with van der Waals surface area (Å²) in [7, 11) is 1.98. The molecule has 4 heteroatoms. The van der Waals surface area contributed by atoms with Gasteiger partial charge in [-0.1, -0.05) is 59.9 Å². The molecule has 0 aromatic heterocycles. The molecule has 0 radical (unpaired) electrons. The van der Waals surface area contributed by atoms with Gasteiger partial charge in [0.1, 0.15) is 0 Å². The van der Waals surface area contributed by atoms with Crippen LogP contribution in [0.15, 0.2) is 49.8 Å². The molecule has 0 bridgehead atoms. The third kappa shape index (κ3) is 3.30. The van der Waals surface area contributed by atoms with Crippen molar-refractivity contribution in [3.05, 3.63) is 66.5 Å². The fraction of sp³-hybridized carbons (Fsp3) is 0.200. The van der Waals surface area contributed by atoms with Gasteiger partial charge < -0.3 is 5.32 Å². The first-order valence-electron chi connectivity index (χ1n) is 5.92. The Bertz CT molecular complexity index is 594. The third-order valence-corrected chi connectivity index (χ3v) is 5.25. The van der Waals surface area contributed by atoms with Crippen LogP contribution in [-0.4, -0.2) is 7.05 Å². The van der Waals surface area contributed by atoms with Crippen molar-refractivity contribution < 1.29 is 0 Å². The number of nitrogens with one attached hydrogen (secondary N) is 1. The van der Waals surface area contributed by atoms with E-state index in [-0.39, 0.29) is 6.04 Å². The Morgan fingerprint density at radius 3 is 2.37 bits per heavy atom. The molecule has 2 rings (SSSR count). The van der Waals surface area contributed by atoms with Crippen molar-refractivity contribution in [1.82, 2.24) is 5.32 Å². The lowest BCUT2D eigenvalue weighted by Gasteiger charge is -2.21. The van der Waals surface area contributed by atoms with E-state index in [2.05, 4.69) is 90.4 Å². The minimum atomic E-state index is 0.157. The monoisotopic (exact) mass is 445 g/mol. The van der Waals surface area contributed by atoms with E-state index in [9.17, 15) is 0 Å². The van der Waals surface area contributed by atoms with Gasteiger partial charge >= 0.3 is 0 Å². The Kier molecular flexibility index (Phi) is 5.23. The highest BCUT2D eigenvalue weighted by atomic mass is 79.9. The molecule has 1 unspecified atom stereocenters. The molecule has 100 valence electrons. The molecule has 0 saturated carbocycles. The Morgan fingerprint density at radius 1 is 0.947 bits per heavy atom. The molecule has 0 aliphatic heterocycles. The van der Waals surface area contributed by atoms with Crippen LogP contribution in [-0.2, 0) is 0 Å². The number of rotatable bonds is 3. The molecule has 1 nitrogen and oxygen atoms in total. The molecule has 19 heavy (non-hydrogen) atoms. The maximum atomic E-state index is 3.64. The van der Waals surface area contributed by atoms with E-state index in [1.54, 1.807) is 0 Å². The van der Waals surface area contributed by atoms with Crippen molar-refractivity contribution in [1.29, 1.82) is 0 Å². The Balaban J connectivity index is 2.56. The number of halogens is 3. The fourth-order valence-corrected chi connectivity index (χ4v) is 3.39. The second kappa shape index (κ2) is 6.53. The fourth-order valence-electron chi connectivity index (χ4n) is 2.15. The summed E-state index contributed by atoms with van der Waals surface area (Å²) in [4.78, 5) is 0. The zero-order valence-corrected chi connectivity index (χ0v) is 15.4. The summed E-state index contributed by atoms with van der Waals surface area (Å²) < 4.78 is 3.32. The van der Waals surface area contributed by atoms with Gasteiger partial charge in [-0.2, -0.15) is 0 Å². The second-order valence-electron chi connectivity index (χ2n) is 4.34. The van der Waals surface area contributed by atoms with Crippen LogP contribution in [0.1, 0.15) is 22.7 Å². The van der Waals surface area contributed by atoms with Crippen LogP contribution >= 0.6 is 47.8 Å². The second-order valence-corrected chi connectivity index (χ2v) is 6.97. The summed E-state index contributed by atoms with van der Waals surface area (Å²) >= 11 is 10.8. The van der Waals surface area contributed by atoms with E-state index >= 15 is 0 Å². The van der Waals surface area contributed by atoms with E-state index in [1.165, 1.54) is 16.7 Å². The maximum Gasteiger partial charge on any atom is 0.0588 e. The molecule has 1 N–H and O–H groups in total. The van der Waals surface area contributed by atoms with Gasteiger partial charge in [0.25, 0.3) is 0 Å². The highest BCUT2D eigenvalue weighted by molar-refractivity contribution is 9.11. The number of hydrogen-bond acceptors (Lipinski definition) is 1. The molecule has 0 aliphatic carbocycles. The normalized spacial score (nSPS) is 12.5. The molecule has 0 fully saturated rings. The van der Waals surface area contributed by atoms with Gasteiger partial charge in [0.15, 0.2) is 0 Å². The average molecular weight is 448 g/mol. The van der Waals surface area contributed by atoms with Gasteiger partial charge in [0.05, 0.1) is 6.04 Å². The van der Waals surface area contributed by atoms with Crippen LogP contribution in [0.25, 0.3) is 0 Å². The first kappa shape index (κ1) is 15.2. The van der Waals surface area contributed by atoms with Crippen LogP contribution in [0.4, 0.5) is 0 Å². The van der Waals surface area contributed by atoms with Crippen LogP contribution in [0.3, 0.4) is 0 Å². The van der Waals surface area contributed by atoms with Crippen molar-refractivity contribution in [3.8, 4) is 0 Å².